The number of aliphatic hydroxyl groups excluding tert-OH is 1. The molecule has 86 valence electrons. The van der Waals surface area contributed by atoms with E-state index in [1.54, 1.807) is 6.07 Å². The lowest BCUT2D eigenvalue weighted by molar-refractivity contribution is 0.140. The van der Waals surface area contributed by atoms with Crippen molar-refractivity contribution in [3.05, 3.63) is 34.6 Å². The highest BCUT2D eigenvalue weighted by Gasteiger charge is 2.15. The molecule has 0 heterocycles. The normalized spacial score (nSPS) is 14.2. The summed E-state index contributed by atoms with van der Waals surface area (Å²) < 4.78 is 12.9. The van der Waals surface area contributed by atoms with E-state index in [0.717, 1.165) is 0 Å². The second kappa shape index (κ2) is 6.28. The van der Waals surface area contributed by atoms with Crippen molar-refractivity contribution in [2.45, 2.75) is 25.5 Å². The summed E-state index contributed by atoms with van der Waals surface area (Å²) >= 11 is 5.66. The van der Waals surface area contributed by atoms with Gasteiger partial charge in [0.15, 0.2) is 0 Å². The molecule has 0 aliphatic carbocycles. The summed E-state index contributed by atoms with van der Waals surface area (Å²) in [4.78, 5) is 0. The van der Waals surface area contributed by atoms with Gasteiger partial charge >= 0.3 is 0 Å². The molecule has 3 N–H and O–H groups in total. The van der Waals surface area contributed by atoms with Crippen molar-refractivity contribution in [1.29, 1.82) is 0 Å². The largest absolute Gasteiger partial charge is 0.391 e. The van der Waals surface area contributed by atoms with Crippen LogP contribution < -0.4 is 5.73 Å². The molecule has 1 aromatic rings. The third-order valence-corrected chi connectivity index (χ3v) is 2.32. The highest BCUT2D eigenvalue weighted by Crippen LogP contribution is 2.21. The van der Waals surface area contributed by atoms with Crippen LogP contribution in [0.4, 0.5) is 4.39 Å². The smallest absolute Gasteiger partial charge is 0.125 e. The van der Waals surface area contributed by atoms with Crippen LogP contribution in [0.3, 0.4) is 0 Å². The zero-order valence-corrected chi connectivity index (χ0v) is 9.86. The first-order valence-corrected chi connectivity index (χ1v) is 4.82. The van der Waals surface area contributed by atoms with Crippen LogP contribution in [-0.2, 0) is 0 Å². The Hall–Kier alpha value is -0.350. The summed E-state index contributed by atoms with van der Waals surface area (Å²) in [6.07, 6.45) is -0.150. The van der Waals surface area contributed by atoms with Crippen molar-refractivity contribution in [2.24, 2.45) is 5.73 Å². The summed E-state index contributed by atoms with van der Waals surface area (Å²) in [5, 5.41) is 9.76. The molecule has 1 rings (SSSR count). The molecule has 0 unspecified atom stereocenters. The van der Waals surface area contributed by atoms with Crippen molar-refractivity contribution in [3.8, 4) is 0 Å². The molecular formula is C10H14Cl2FNO. The molecule has 2 atom stereocenters. The molecule has 0 aromatic heterocycles. The van der Waals surface area contributed by atoms with E-state index < -0.39 is 18.0 Å². The molecule has 2 nitrogen and oxygen atoms in total. The topological polar surface area (TPSA) is 46.2 Å². The van der Waals surface area contributed by atoms with Gasteiger partial charge in [-0.15, -0.1) is 12.4 Å². The van der Waals surface area contributed by atoms with Crippen molar-refractivity contribution < 1.29 is 9.50 Å². The summed E-state index contributed by atoms with van der Waals surface area (Å²) in [6.45, 7) is 1.81. The average Bonchev–Trinajstić information content (AvgIpc) is 2.14. The Kier molecular flexibility index (Phi) is 6.13. The van der Waals surface area contributed by atoms with Gasteiger partial charge in [-0.2, -0.15) is 0 Å². The standard InChI is InChI=1S/C10H13ClFNO.ClH/c1-2-9(14)10(13)6-3-7(11)5-8(12)4-6;/h3-5,9-10,14H,2,13H2,1H3;1H/t9-,10+;/m1./s1. The summed E-state index contributed by atoms with van der Waals surface area (Å²) in [6, 6.07) is 3.47. The number of hydrogen-bond donors (Lipinski definition) is 2. The van der Waals surface area contributed by atoms with Crippen LogP contribution in [0.15, 0.2) is 18.2 Å². The minimum absolute atomic E-state index is 0. The van der Waals surface area contributed by atoms with Crippen molar-refractivity contribution in [3.63, 3.8) is 0 Å². The van der Waals surface area contributed by atoms with Gasteiger partial charge in [-0.3, -0.25) is 0 Å². The van der Waals surface area contributed by atoms with E-state index >= 15 is 0 Å². The fourth-order valence-electron chi connectivity index (χ4n) is 1.24. The zero-order valence-electron chi connectivity index (χ0n) is 8.28. The van der Waals surface area contributed by atoms with Crippen molar-refractivity contribution >= 4 is 24.0 Å². The van der Waals surface area contributed by atoms with Gasteiger partial charge in [0.25, 0.3) is 0 Å². The summed E-state index contributed by atoms with van der Waals surface area (Å²) in [5.74, 6) is -0.439. The van der Waals surface area contributed by atoms with E-state index in [9.17, 15) is 9.50 Å². The Balaban J connectivity index is 0.00000196. The number of halogens is 3. The van der Waals surface area contributed by atoms with Crippen LogP contribution in [0.5, 0.6) is 0 Å². The van der Waals surface area contributed by atoms with Crippen molar-refractivity contribution in [1.82, 2.24) is 0 Å². The van der Waals surface area contributed by atoms with Crippen LogP contribution in [0.2, 0.25) is 5.02 Å². The third-order valence-electron chi connectivity index (χ3n) is 2.10. The van der Waals surface area contributed by atoms with Crippen LogP contribution in [0.1, 0.15) is 24.9 Å². The first-order chi connectivity index (χ1) is 6.54. The second-order valence-corrected chi connectivity index (χ2v) is 3.64. The van der Waals surface area contributed by atoms with E-state index in [0.29, 0.717) is 17.0 Å². The summed E-state index contributed by atoms with van der Waals surface area (Å²) in [5.41, 5.74) is 6.23. The van der Waals surface area contributed by atoms with E-state index in [-0.39, 0.29) is 12.4 Å². The molecule has 0 fully saturated rings. The third kappa shape index (κ3) is 3.95. The summed E-state index contributed by atoms with van der Waals surface area (Å²) in [7, 11) is 0. The number of hydrogen-bond acceptors (Lipinski definition) is 2. The number of benzene rings is 1. The van der Waals surface area contributed by atoms with Gasteiger partial charge in [-0.1, -0.05) is 18.5 Å². The zero-order chi connectivity index (χ0) is 10.7. The van der Waals surface area contributed by atoms with Gasteiger partial charge < -0.3 is 10.8 Å². The molecule has 0 aliphatic rings. The first kappa shape index (κ1) is 14.6. The quantitative estimate of drug-likeness (QED) is 0.871. The van der Waals surface area contributed by atoms with Gasteiger partial charge in [0.1, 0.15) is 5.82 Å². The van der Waals surface area contributed by atoms with Crippen molar-refractivity contribution in [2.75, 3.05) is 0 Å². The fraction of sp³-hybridized carbons (Fsp3) is 0.400. The maximum atomic E-state index is 12.9. The lowest BCUT2D eigenvalue weighted by Crippen LogP contribution is -2.25. The lowest BCUT2D eigenvalue weighted by atomic mass is 10.0. The van der Waals surface area contributed by atoms with Gasteiger partial charge in [0.2, 0.25) is 0 Å². The van der Waals surface area contributed by atoms with E-state index in [1.165, 1.54) is 12.1 Å². The molecule has 0 saturated heterocycles. The van der Waals surface area contributed by atoms with Crippen LogP contribution in [0.25, 0.3) is 0 Å². The maximum absolute atomic E-state index is 12.9. The predicted molar refractivity (Wildman–Crippen MR) is 61.9 cm³/mol. The van der Waals surface area contributed by atoms with Crippen LogP contribution in [0, 0.1) is 5.82 Å². The molecule has 0 saturated carbocycles. The molecular weight excluding hydrogens is 240 g/mol. The highest BCUT2D eigenvalue weighted by molar-refractivity contribution is 6.30. The SMILES string of the molecule is CC[C@@H](O)[C@@H](N)c1cc(F)cc(Cl)c1.Cl. The molecule has 0 radical (unpaired) electrons. The Morgan fingerprint density at radius 2 is 2.07 bits per heavy atom. The van der Waals surface area contributed by atoms with E-state index in [1.807, 2.05) is 6.92 Å². The number of rotatable bonds is 3. The second-order valence-electron chi connectivity index (χ2n) is 3.20. The van der Waals surface area contributed by atoms with Gasteiger partial charge in [0, 0.05) is 5.02 Å². The monoisotopic (exact) mass is 253 g/mol. The maximum Gasteiger partial charge on any atom is 0.125 e. The minimum Gasteiger partial charge on any atom is -0.391 e. The molecule has 5 heteroatoms. The Labute approximate surface area is 99.6 Å². The fourth-order valence-corrected chi connectivity index (χ4v) is 1.47. The average molecular weight is 254 g/mol. The molecule has 0 bridgehead atoms. The van der Waals surface area contributed by atoms with Gasteiger partial charge in [-0.05, 0) is 30.2 Å². The van der Waals surface area contributed by atoms with E-state index in [2.05, 4.69) is 0 Å². The molecule has 0 spiro atoms. The molecule has 15 heavy (non-hydrogen) atoms. The van der Waals surface area contributed by atoms with Crippen LogP contribution >= 0.6 is 24.0 Å². The Bertz CT molecular complexity index is 302. The Morgan fingerprint density at radius 1 is 1.47 bits per heavy atom. The molecule has 1 aromatic carbocycles. The predicted octanol–water partition coefficient (Wildman–Crippen LogP) is 2.67. The highest BCUT2D eigenvalue weighted by atomic mass is 35.5. The molecule has 0 aliphatic heterocycles. The van der Waals surface area contributed by atoms with Crippen LogP contribution in [-0.4, -0.2) is 11.2 Å². The minimum atomic E-state index is -0.673. The Morgan fingerprint density at radius 3 is 2.53 bits per heavy atom. The van der Waals surface area contributed by atoms with Gasteiger partial charge in [-0.25, -0.2) is 4.39 Å². The lowest BCUT2D eigenvalue weighted by Gasteiger charge is -2.17. The number of nitrogens with two attached hydrogens (primary N) is 1. The van der Waals surface area contributed by atoms with E-state index in [4.69, 9.17) is 17.3 Å². The number of aliphatic hydroxyl groups is 1. The van der Waals surface area contributed by atoms with Gasteiger partial charge in [0.05, 0.1) is 12.1 Å². The molecule has 0 amide bonds. The first-order valence-electron chi connectivity index (χ1n) is 4.44.